The fourth-order valence-electron chi connectivity index (χ4n) is 2.83. The number of nitrogens with zero attached hydrogens (tertiary/aromatic N) is 2. The topological polar surface area (TPSA) is 51.7 Å². The summed E-state index contributed by atoms with van der Waals surface area (Å²) in [6.45, 7) is 13.9. The van der Waals surface area contributed by atoms with Crippen LogP contribution in [0.5, 0.6) is 0 Å². The van der Waals surface area contributed by atoms with Crippen LogP contribution in [0.2, 0.25) is 0 Å². The Bertz CT molecular complexity index is 521. The Hall–Kier alpha value is -1.14. The predicted molar refractivity (Wildman–Crippen MR) is 84.3 cm³/mol. The number of hydrogen-bond acceptors (Lipinski definition) is 6. The van der Waals surface area contributed by atoms with E-state index in [9.17, 15) is 4.79 Å². The monoisotopic (exact) mass is 312 g/mol. The van der Waals surface area contributed by atoms with Gasteiger partial charge < -0.3 is 14.4 Å². The summed E-state index contributed by atoms with van der Waals surface area (Å²) in [6.07, 6.45) is 0. The second-order valence-corrected chi connectivity index (χ2v) is 7.59. The van der Waals surface area contributed by atoms with E-state index in [2.05, 4.69) is 37.6 Å². The maximum atomic E-state index is 11.9. The smallest absolute Gasteiger partial charge is 0.350 e. The molecule has 0 saturated carbocycles. The van der Waals surface area contributed by atoms with E-state index in [-0.39, 0.29) is 17.2 Å². The van der Waals surface area contributed by atoms with Crippen LogP contribution in [-0.4, -0.2) is 41.9 Å². The molecule has 1 aromatic rings. The van der Waals surface area contributed by atoms with Crippen LogP contribution < -0.4 is 4.90 Å². The summed E-state index contributed by atoms with van der Waals surface area (Å²) in [6, 6.07) is 0. The van der Waals surface area contributed by atoms with Crippen LogP contribution in [0.15, 0.2) is 0 Å². The molecule has 0 N–H and O–H groups in total. The molecule has 0 amide bonds. The van der Waals surface area contributed by atoms with Crippen molar-refractivity contribution in [1.29, 1.82) is 0 Å². The normalized spacial score (nSPS) is 20.4. The molecule has 2 heterocycles. The van der Waals surface area contributed by atoms with Gasteiger partial charge in [-0.1, -0.05) is 11.3 Å². The number of aromatic nitrogens is 1. The number of carbonyl (C=O) groups is 1. The highest BCUT2D eigenvalue weighted by Gasteiger charge is 2.39. The van der Waals surface area contributed by atoms with Crippen LogP contribution in [-0.2, 0) is 9.47 Å². The van der Waals surface area contributed by atoms with Crippen LogP contribution in [0, 0.1) is 6.92 Å². The molecule has 21 heavy (non-hydrogen) atoms. The number of anilines is 1. The van der Waals surface area contributed by atoms with Crippen molar-refractivity contribution >= 4 is 22.4 Å². The van der Waals surface area contributed by atoms with Crippen molar-refractivity contribution in [2.24, 2.45) is 0 Å². The number of ether oxygens (including phenoxy) is 2. The van der Waals surface area contributed by atoms with Crippen LogP contribution in [0.25, 0.3) is 0 Å². The zero-order valence-corrected chi connectivity index (χ0v) is 14.5. The lowest BCUT2D eigenvalue weighted by molar-refractivity contribution is -0.133. The lowest BCUT2D eigenvalue weighted by Gasteiger charge is -2.47. The average molecular weight is 312 g/mol. The minimum Gasteiger partial charge on any atom is -0.462 e. The molecule has 2 rings (SSSR count). The molecule has 1 aromatic heterocycles. The van der Waals surface area contributed by atoms with E-state index < -0.39 is 0 Å². The van der Waals surface area contributed by atoms with Crippen LogP contribution in [0.1, 0.15) is 50.0 Å². The first-order valence-electron chi connectivity index (χ1n) is 7.23. The molecule has 0 unspecified atom stereocenters. The Morgan fingerprint density at radius 1 is 1.33 bits per heavy atom. The van der Waals surface area contributed by atoms with Gasteiger partial charge in [-0.2, -0.15) is 0 Å². The minimum atomic E-state index is -0.287. The summed E-state index contributed by atoms with van der Waals surface area (Å²) in [5, 5.41) is 0.861. The molecule has 0 atom stereocenters. The van der Waals surface area contributed by atoms with Crippen LogP contribution >= 0.6 is 11.3 Å². The van der Waals surface area contributed by atoms with Gasteiger partial charge in [0, 0.05) is 13.1 Å². The Kier molecular flexibility index (Phi) is 4.31. The summed E-state index contributed by atoms with van der Waals surface area (Å²) >= 11 is 1.40. The van der Waals surface area contributed by atoms with E-state index in [1.54, 1.807) is 0 Å². The summed E-state index contributed by atoms with van der Waals surface area (Å²) in [4.78, 5) is 19.3. The molecule has 0 bridgehead atoms. The summed E-state index contributed by atoms with van der Waals surface area (Å²) in [7, 11) is 0. The fraction of sp³-hybridized carbons (Fsp3) is 0.733. The maximum Gasteiger partial charge on any atom is 0.350 e. The van der Waals surface area contributed by atoms with Gasteiger partial charge >= 0.3 is 5.97 Å². The first kappa shape index (κ1) is 16.2. The number of aryl methyl sites for hydroxylation is 1. The second-order valence-electron chi connectivity index (χ2n) is 6.61. The molecule has 0 aromatic carbocycles. The van der Waals surface area contributed by atoms with Gasteiger partial charge in [0.15, 0.2) is 5.13 Å². The van der Waals surface area contributed by atoms with Crippen LogP contribution in [0.4, 0.5) is 5.13 Å². The van der Waals surface area contributed by atoms with E-state index >= 15 is 0 Å². The molecule has 0 radical (unpaired) electrons. The third kappa shape index (κ3) is 3.74. The zero-order chi connectivity index (χ0) is 15.8. The van der Waals surface area contributed by atoms with Crippen molar-refractivity contribution in [1.82, 2.24) is 4.98 Å². The van der Waals surface area contributed by atoms with Gasteiger partial charge in [-0.25, -0.2) is 9.78 Å². The molecule has 0 spiro atoms. The van der Waals surface area contributed by atoms with Gasteiger partial charge in [0.25, 0.3) is 0 Å². The number of morpholine rings is 1. The number of rotatable bonds is 3. The summed E-state index contributed by atoms with van der Waals surface area (Å²) in [5.74, 6) is -0.287. The molecule has 6 heteroatoms. The van der Waals surface area contributed by atoms with Gasteiger partial charge in [-0.05, 0) is 41.5 Å². The zero-order valence-electron chi connectivity index (χ0n) is 13.6. The van der Waals surface area contributed by atoms with Crippen molar-refractivity contribution in [2.45, 2.75) is 52.7 Å². The molecule has 1 aliphatic heterocycles. The largest absolute Gasteiger partial charge is 0.462 e. The van der Waals surface area contributed by atoms with E-state index in [0.717, 1.165) is 23.9 Å². The highest BCUT2D eigenvalue weighted by Crippen LogP contribution is 2.34. The number of hydrogen-bond donors (Lipinski definition) is 0. The lowest BCUT2D eigenvalue weighted by Crippen LogP contribution is -2.57. The first-order chi connectivity index (χ1) is 9.63. The predicted octanol–water partition coefficient (Wildman–Crippen LogP) is 3.02. The van der Waals surface area contributed by atoms with Gasteiger partial charge in [-0.15, -0.1) is 0 Å². The van der Waals surface area contributed by atoms with Crippen molar-refractivity contribution < 1.29 is 14.3 Å². The van der Waals surface area contributed by atoms with Gasteiger partial charge in [-0.3, -0.25) is 0 Å². The standard InChI is InChI=1S/C15H24N2O3S/c1-7-19-12(18)11-10(2)16-13(21-11)17-8-14(3,4)20-15(5,6)9-17/h7-9H2,1-6H3. The quantitative estimate of drug-likeness (QED) is 0.803. The average Bonchev–Trinajstić information content (AvgIpc) is 2.67. The van der Waals surface area contributed by atoms with E-state index in [1.165, 1.54) is 11.3 Å². The molecule has 1 aliphatic rings. The third-order valence-electron chi connectivity index (χ3n) is 3.21. The highest BCUT2D eigenvalue weighted by atomic mass is 32.1. The molecular formula is C15H24N2O3S. The summed E-state index contributed by atoms with van der Waals surface area (Å²) in [5.41, 5.74) is 0.243. The Morgan fingerprint density at radius 3 is 2.43 bits per heavy atom. The number of esters is 1. The van der Waals surface area contributed by atoms with Crippen molar-refractivity contribution in [3.63, 3.8) is 0 Å². The van der Waals surface area contributed by atoms with Gasteiger partial charge in [0.1, 0.15) is 4.88 Å². The van der Waals surface area contributed by atoms with Gasteiger partial charge in [0.2, 0.25) is 0 Å². The Morgan fingerprint density at radius 2 is 1.90 bits per heavy atom. The van der Waals surface area contributed by atoms with Crippen molar-refractivity contribution in [3.8, 4) is 0 Å². The second kappa shape index (κ2) is 5.57. The maximum absolute atomic E-state index is 11.9. The van der Waals surface area contributed by atoms with Crippen molar-refractivity contribution in [3.05, 3.63) is 10.6 Å². The first-order valence-corrected chi connectivity index (χ1v) is 8.05. The third-order valence-corrected chi connectivity index (χ3v) is 4.41. The lowest BCUT2D eigenvalue weighted by atomic mass is 9.99. The SMILES string of the molecule is CCOC(=O)c1sc(N2CC(C)(C)OC(C)(C)C2)nc1C. The molecule has 118 valence electrons. The fourth-order valence-corrected chi connectivity index (χ4v) is 3.79. The van der Waals surface area contributed by atoms with Crippen molar-refractivity contribution in [2.75, 3.05) is 24.6 Å². The Labute approximate surface area is 130 Å². The van der Waals surface area contributed by atoms with Crippen LogP contribution in [0.3, 0.4) is 0 Å². The molecule has 0 aliphatic carbocycles. The van der Waals surface area contributed by atoms with E-state index in [0.29, 0.717) is 11.5 Å². The molecule has 5 nitrogen and oxygen atoms in total. The van der Waals surface area contributed by atoms with E-state index in [1.807, 2.05) is 13.8 Å². The number of thiazole rings is 1. The van der Waals surface area contributed by atoms with Gasteiger partial charge in [0.05, 0.1) is 23.5 Å². The Balaban J connectivity index is 2.26. The highest BCUT2D eigenvalue weighted by molar-refractivity contribution is 7.17. The molecule has 1 saturated heterocycles. The molecular weight excluding hydrogens is 288 g/mol. The molecule has 1 fully saturated rings. The minimum absolute atomic E-state index is 0.245. The number of carbonyl (C=O) groups excluding carboxylic acids is 1. The van der Waals surface area contributed by atoms with E-state index in [4.69, 9.17) is 9.47 Å². The summed E-state index contributed by atoms with van der Waals surface area (Å²) < 4.78 is 11.2.